The van der Waals surface area contributed by atoms with Crippen LogP contribution < -0.4 is 5.56 Å². The number of nitro benzene ring substituents is 1. The van der Waals surface area contributed by atoms with Crippen molar-refractivity contribution in [2.45, 2.75) is 13.8 Å². The van der Waals surface area contributed by atoms with Gasteiger partial charge in [0.2, 0.25) is 0 Å². The van der Waals surface area contributed by atoms with Gasteiger partial charge in [0.1, 0.15) is 11.6 Å². The highest BCUT2D eigenvalue weighted by Gasteiger charge is 2.21. The van der Waals surface area contributed by atoms with Crippen molar-refractivity contribution >= 4 is 5.69 Å². The van der Waals surface area contributed by atoms with E-state index in [1.165, 1.54) is 6.07 Å². The summed E-state index contributed by atoms with van der Waals surface area (Å²) < 4.78 is 0. The maximum Gasteiger partial charge on any atom is 0.277 e. The van der Waals surface area contributed by atoms with Crippen molar-refractivity contribution in [3.8, 4) is 28.3 Å². The molecule has 3 aromatic rings. The SMILES string of the molecule is Cc1ccc(-c2ccc([N+](=O)[O-])c(-c3cc(C)[nH]c(=O)c3C#N)c2)cc1. The van der Waals surface area contributed by atoms with E-state index in [2.05, 4.69) is 4.98 Å². The van der Waals surface area contributed by atoms with Crippen molar-refractivity contribution in [2.24, 2.45) is 0 Å². The normalized spacial score (nSPS) is 10.3. The zero-order valence-electron chi connectivity index (χ0n) is 14.2. The fraction of sp³-hybridized carbons (Fsp3) is 0.100. The minimum absolute atomic E-state index is 0.139. The highest BCUT2D eigenvalue weighted by atomic mass is 16.6. The Hall–Kier alpha value is -3.72. The molecule has 0 radical (unpaired) electrons. The molecule has 0 atom stereocenters. The molecule has 0 saturated heterocycles. The quantitative estimate of drug-likeness (QED) is 0.570. The van der Waals surface area contributed by atoms with Crippen LogP contribution in [-0.2, 0) is 0 Å². The molecule has 1 N–H and O–H groups in total. The molecule has 2 aromatic carbocycles. The summed E-state index contributed by atoms with van der Waals surface area (Å²) in [4.78, 5) is 25.6. The standard InChI is InChI=1S/C20H15N3O3/c1-12-3-5-14(6-4-12)15-7-8-19(23(25)26)17(10-15)16-9-13(2)22-20(24)18(16)11-21/h3-10H,1-2H3,(H,22,24). The molecule has 3 rings (SSSR count). The minimum Gasteiger partial charge on any atom is -0.325 e. The Morgan fingerprint density at radius 3 is 2.27 bits per heavy atom. The highest BCUT2D eigenvalue weighted by Crippen LogP contribution is 2.35. The van der Waals surface area contributed by atoms with E-state index < -0.39 is 10.5 Å². The highest BCUT2D eigenvalue weighted by molar-refractivity contribution is 5.82. The third-order valence-corrected chi connectivity index (χ3v) is 4.15. The number of hydrogen-bond acceptors (Lipinski definition) is 4. The van der Waals surface area contributed by atoms with Crippen molar-refractivity contribution in [1.82, 2.24) is 4.98 Å². The Labute approximate surface area is 149 Å². The molecule has 0 aliphatic carbocycles. The summed E-state index contributed by atoms with van der Waals surface area (Å²) in [5.41, 5.74) is 2.96. The van der Waals surface area contributed by atoms with Crippen molar-refractivity contribution in [3.05, 3.63) is 85.8 Å². The van der Waals surface area contributed by atoms with Crippen molar-refractivity contribution in [3.63, 3.8) is 0 Å². The lowest BCUT2D eigenvalue weighted by atomic mass is 9.95. The average Bonchev–Trinajstić information content (AvgIpc) is 2.61. The fourth-order valence-electron chi connectivity index (χ4n) is 2.85. The first-order valence-corrected chi connectivity index (χ1v) is 7.90. The Balaban J connectivity index is 2.31. The second kappa shape index (κ2) is 6.65. The van der Waals surface area contributed by atoms with E-state index in [4.69, 9.17) is 0 Å². The third kappa shape index (κ3) is 3.10. The van der Waals surface area contributed by atoms with Gasteiger partial charge in [-0.2, -0.15) is 5.26 Å². The van der Waals surface area contributed by atoms with Gasteiger partial charge < -0.3 is 4.98 Å². The van der Waals surface area contributed by atoms with Crippen LogP contribution in [0.15, 0.2) is 53.3 Å². The summed E-state index contributed by atoms with van der Waals surface area (Å²) in [6, 6.07) is 15.9. The van der Waals surface area contributed by atoms with E-state index in [9.17, 15) is 20.2 Å². The number of rotatable bonds is 3. The molecule has 6 heteroatoms. The number of hydrogen-bond donors (Lipinski definition) is 1. The lowest BCUT2D eigenvalue weighted by molar-refractivity contribution is -0.384. The van der Waals surface area contributed by atoms with Gasteiger partial charge in [-0.3, -0.25) is 14.9 Å². The van der Waals surface area contributed by atoms with Crippen LogP contribution in [0.3, 0.4) is 0 Å². The second-order valence-corrected chi connectivity index (χ2v) is 6.04. The van der Waals surface area contributed by atoms with Gasteiger partial charge in [0, 0.05) is 17.3 Å². The Bertz CT molecular complexity index is 1110. The number of H-pyrrole nitrogens is 1. The van der Waals surface area contributed by atoms with Crippen LogP contribution in [-0.4, -0.2) is 9.91 Å². The smallest absolute Gasteiger partial charge is 0.277 e. The third-order valence-electron chi connectivity index (χ3n) is 4.15. The monoisotopic (exact) mass is 345 g/mol. The Morgan fingerprint density at radius 2 is 1.65 bits per heavy atom. The van der Waals surface area contributed by atoms with Crippen LogP contribution in [0.2, 0.25) is 0 Å². The average molecular weight is 345 g/mol. The molecule has 1 aromatic heterocycles. The summed E-state index contributed by atoms with van der Waals surface area (Å²) in [6.07, 6.45) is 0. The largest absolute Gasteiger partial charge is 0.325 e. The van der Waals surface area contributed by atoms with Crippen molar-refractivity contribution in [1.29, 1.82) is 5.26 Å². The fourth-order valence-corrected chi connectivity index (χ4v) is 2.85. The lowest BCUT2D eigenvalue weighted by Gasteiger charge is -2.09. The molecule has 0 aliphatic rings. The first kappa shape index (κ1) is 17.1. The summed E-state index contributed by atoms with van der Waals surface area (Å²) in [7, 11) is 0. The molecule has 0 unspecified atom stereocenters. The van der Waals surface area contributed by atoms with Gasteiger partial charge in [-0.15, -0.1) is 0 Å². The van der Waals surface area contributed by atoms with Crippen LogP contribution >= 0.6 is 0 Å². The zero-order chi connectivity index (χ0) is 18.8. The van der Waals surface area contributed by atoms with Gasteiger partial charge in [0.15, 0.2) is 0 Å². The lowest BCUT2D eigenvalue weighted by Crippen LogP contribution is -2.13. The summed E-state index contributed by atoms with van der Waals surface area (Å²) in [6.45, 7) is 3.64. The van der Waals surface area contributed by atoms with Gasteiger partial charge in [0.05, 0.1) is 10.5 Å². The van der Waals surface area contributed by atoms with E-state index in [0.29, 0.717) is 5.69 Å². The van der Waals surface area contributed by atoms with E-state index in [1.54, 1.807) is 25.1 Å². The Kier molecular flexibility index (Phi) is 4.38. The van der Waals surface area contributed by atoms with Gasteiger partial charge in [0.25, 0.3) is 11.2 Å². The maximum absolute atomic E-state index is 12.1. The molecule has 1 heterocycles. The molecular weight excluding hydrogens is 330 g/mol. The van der Waals surface area contributed by atoms with E-state index in [1.807, 2.05) is 37.3 Å². The zero-order valence-corrected chi connectivity index (χ0v) is 14.2. The summed E-state index contributed by atoms with van der Waals surface area (Å²) in [5.74, 6) is 0. The molecule has 0 aliphatic heterocycles. The first-order valence-electron chi connectivity index (χ1n) is 7.90. The Morgan fingerprint density at radius 1 is 1.00 bits per heavy atom. The predicted octanol–water partition coefficient (Wildman–Crippen LogP) is 4.11. The number of benzene rings is 2. The molecular formula is C20H15N3O3. The maximum atomic E-state index is 12.1. The van der Waals surface area contributed by atoms with Crippen LogP contribution in [0.25, 0.3) is 22.3 Å². The van der Waals surface area contributed by atoms with E-state index in [0.717, 1.165) is 16.7 Å². The molecule has 0 spiro atoms. The number of nitrogens with zero attached hydrogens (tertiary/aromatic N) is 2. The van der Waals surface area contributed by atoms with Crippen molar-refractivity contribution in [2.75, 3.05) is 0 Å². The van der Waals surface area contributed by atoms with Crippen molar-refractivity contribution < 1.29 is 4.92 Å². The summed E-state index contributed by atoms with van der Waals surface area (Å²) in [5, 5.41) is 20.9. The number of pyridine rings is 1. The molecule has 0 amide bonds. The number of aromatic amines is 1. The van der Waals surface area contributed by atoms with E-state index in [-0.39, 0.29) is 22.4 Å². The number of nitrogens with one attached hydrogen (secondary N) is 1. The predicted molar refractivity (Wildman–Crippen MR) is 98.8 cm³/mol. The van der Waals surface area contributed by atoms with Gasteiger partial charge >= 0.3 is 0 Å². The minimum atomic E-state index is -0.558. The molecule has 6 nitrogen and oxygen atoms in total. The molecule has 128 valence electrons. The molecule has 0 bridgehead atoms. The number of nitriles is 1. The number of nitro groups is 1. The first-order chi connectivity index (χ1) is 12.4. The number of aromatic nitrogens is 1. The van der Waals surface area contributed by atoms with Gasteiger partial charge in [-0.05, 0) is 43.2 Å². The van der Waals surface area contributed by atoms with Gasteiger partial charge in [-0.25, -0.2) is 0 Å². The molecule has 0 saturated carbocycles. The topological polar surface area (TPSA) is 99.8 Å². The summed E-state index contributed by atoms with van der Waals surface area (Å²) >= 11 is 0. The van der Waals surface area contributed by atoms with Crippen LogP contribution in [0.4, 0.5) is 5.69 Å². The molecule has 26 heavy (non-hydrogen) atoms. The molecule has 0 fully saturated rings. The van der Waals surface area contributed by atoms with Crippen LogP contribution in [0.1, 0.15) is 16.8 Å². The van der Waals surface area contributed by atoms with Crippen LogP contribution in [0, 0.1) is 35.3 Å². The van der Waals surface area contributed by atoms with E-state index >= 15 is 0 Å². The van der Waals surface area contributed by atoms with Gasteiger partial charge in [-0.1, -0.05) is 29.8 Å². The second-order valence-electron chi connectivity index (χ2n) is 6.04. The van der Waals surface area contributed by atoms with Crippen LogP contribution in [0.5, 0.6) is 0 Å². The number of aryl methyl sites for hydroxylation is 2.